The Morgan fingerprint density at radius 3 is 2.60 bits per heavy atom. The molecule has 4 nitrogen and oxygen atoms in total. The monoisotopic (exact) mass is 270 g/mol. The van der Waals surface area contributed by atoms with Crippen LogP contribution in [0.4, 0.5) is 10.1 Å². The molecule has 0 aliphatic rings. The van der Waals surface area contributed by atoms with E-state index >= 15 is 0 Å². The molecule has 0 aliphatic carbocycles. The van der Waals surface area contributed by atoms with Crippen LogP contribution in [0.2, 0.25) is 0 Å². The van der Waals surface area contributed by atoms with Gasteiger partial charge in [0, 0.05) is 11.1 Å². The van der Waals surface area contributed by atoms with E-state index in [1.165, 1.54) is 19.1 Å². The highest BCUT2D eigenvalue weighted by molar-refractivity contribution is 6.00. The number of oxazole rings is 1. The molecule has 0 radical (unpaired) electrons. The van der Waals surface area contributed by atoms with Crippen molar-refractivity contribution in [2.24, 2.45) is 0 Å². The van der Waals surface area contributed by atoms with Crippen molar-refractivity contribution in [2.75, 3.05) is 5.73 Å². The molecule has 0 aliphatic heterocycles. The summed E-state index contributed by atoms with van der Waals surface area (Å²) in [5.41, 5.74) is 8.28. The lowest BCUT2D eigenvalue weighted by molar-refractivity contribution is 0.101. The van der Waals surface area contributed by atoms with Gasteiger partial charge in [0.2, 0.25) is 5.89 Å². The Hall–Kier alpha value is -2.69. The lowest BCUT2D eigenvalue weighted by Gasteiger charge is -1.97. The minimum Gasteiger partial charge on any atom is -0.434 e. The molecular formula is C15H11FN2O2. The van der Waals surface area contributed by atoms with E-state index in [0.29, 0.717) is 33.8 Å². The molecule has 5 heteroatoms. The molecule has 0 unspecified atom stereocenters. The molecule has 3 aromatic rings. The second-order valence-electron chi connectivity index (χ2n) is 4.50. The number of nitrogen functional groups attached to an aromatic ring is 1. The van der Waals surface area contributed by atoms with Crippen molar-refractivity contribution < 1.29 is 13.6 Å². The Morgan fingerprint density at radius 2 is 1.95 bits per heavy atom. The van der Waals surface area contributed by atoms with Crippen LogP contribution >= 0.6 is 0 Å². The number of halogens is 1. The third-order valence-electron chi connectivity index (χ3n) is 3.02. The number of fused-ring (bicyclic) bond motifs is 1. The molecule has 0 spiro atoms. The third-order valence-corrected chi connectivity index (χ3v) is 3.02. The predicted octanol–water partition coefficient (Wildman–Crippen LogP) is 3.42. The van der Waals surface area contributed by atoms with Crippen LogP contribution in [-0.2, 0) is 0 Å². The number of Topliss-reactive ketones (excluding diaryl/α,β-unsaturated/α-hetero) is 1. The van der Waals surface area contributed by atoms with Gasteiger partial charge in [-0.1, -0.05) is 0 Å². The Balaban J connectivity index is 2.17. The van der Waals surface area contributed by atoms with E-state index in [1.54, 1.807) is 24.3 Å². The second-order valence-corrected chi connectivity index (χ2v) is 4.50. The van der Waals surface area contributed by atoms with Crippen molar-refractivity contribution in [1.29, 1.82) is 0 Å². The highest BCUT2D eigenvalue weighted by atomic mass is 19.1. The summed E-state index contributed by atoms with van der Waals surface area (Å²) in [6.07, 6.45) is 0. The maximum atomic E-state index is 12.9. The topological polar surface area (TPSA) is 69.1 Å². The molecule has 0 atom stereocenters. The van der Waals surface area contributed by atoms with Crippen LogP contribution in [0.5, 0.6) is 0 Å². The van der Waals surface area contributed by atoms with Gasteiger partial charge >= 0.3 is 0 Å². The summed E-state index contributed by atoms with van der Waals surface area (Å²) in [5.74, 6) is -0.0828. The van der Waals surface area contributed by atoms with Gasteiger partial charge in [-0.15, -0.1) is 0 Å². The molecule has 0 saturated carbocycles. The number of ketones is 1. The van der Waals surface area contributed by atoms with Crippen molar-refractivity contribution in [3.8, 4) is 11.5 Å². The van der Waals surface area contributed by atoms with Crippen LogP contribution in [0.1, 0.15) is 17.3 Å². The normalized spacial score (nSPS) is 10.9. The van der Waals surface area contributed by atoms with Crippen LogP contribution in [0, 0.1) is 5.82 Å². The predicted molar refractivity (Wildman–Crippen MR) is 73.8 cm³/mol. The summed E-state index contributed by atoms with van der Waals surface area (Å²) in [6, 6.07) is 8.99. The largest absolute Gasteiger partial charge is 0.434 e. The molecule has 0 amide bonds. The van der Waals surface area contributed by atoms with Gasteiger partial charge in [-0.2, -0.15) is 0 Å². The number of hydrogen-bond donors (Lipinski definition) is 1. The van der Waals surface area contributed by atoms with Crippen LogP contribution < -0.4 is 5.73 Å². The molecule has 0 bridgehead atoms. The van der Waals surface area contributed by atoms with Crippen LogP contribution in [0.3, 0.4) is 0 Å². The lowest BCUT2D eigenvalue weighted by atomic mass is 10.1. The SMILES string of the molecule is CC(=O)c1cc(N)c2oc(-c3ccc(F)cc3)nc2c1. The number of anilines is 1. The van der Waals surface area contributed by atoms with E-state index in [4.69, 9.17) is 10.2 Å². The van der Waals surface area contributed by atoms with E-state index in [9.17, 15) is 9.18 Å². The number of carbonyl (C=O) groups is 1. The average Bonchev–Trinajstić information content (AvgIpc) is 2.84. The zero-order valence-corrected chi connectivity index (χ0v) is 10.7. The molecule has 0 fully saturated rings. The zero-order valence-electron chi connectivity index (χ0n) is 10.7. The van der Waals surface area contributed by atoms with Gasteiger partial charge in [-0.25, -0.2) is 9.37 Å². The number of hydrogen-bond acceptors (Lipinski definition) is 4. The van der Waals surface area contributed by atoms with Gasteiger partial charge in [0.05, 0.1) is 5.69 Å². The number of nitrogens with two attached hydrogens (primary N) is 1. The Kier molecular flexibility index (Phi) is 2.75. The maximum Gasteiger partial charge on any atom is 0.227 e. The summed E-state index contributed by atoms with van der Waals surface area (Å²) in [7, 11) is 0. The fraction of sp³-hybridized carbons (Fsp3) is 0.0667. The number of carbonyl (C=O) groups excluding carboxylic acids is 1. The molecule has 1 heterocycles. The van der Waals surface area contributed by atoms with Crippen molar-refractivity contribution in [3.05, 3.63) is 47.8 Å². The van der Waals surface area contributed by atoms with Crippen molar-refractivity contribution in [3.63, 3.8) is 0 Å². The molecule has 3 rings (SSSR count). The summed E-state index contributed by atoms with van der Waals surface area (Å²) >= 11 is 0. The van der Waals surface area contributed by atoms with E-state index < -0.39 is 0 Å². The molecule has 2 aromatic carbocycles. The summed E-state index contributed by atoms with van der Waals surface area (Å²) in [4.78, 5) is 15.7. The van der Waals surface area contributed by atoms with Gasteiger partial charge in [0.25, 0.3) is 0 Å². The lowest BCUT2D eigenvalue weighted by Crippen LogP contribution is -1.95. The van der Waals surface area contributed by atoms with E-state index in [-0.39, 0.29) is 11.6 Å². The molecule has 0 saturated heterocycles. The van der Waals surface area contributed by atoms with Crippen LogP contribution in [-0.4, -0.2) is 10.8 Å². The molecule has 2 N–H and O–H groups in total. The first-order valence-electron chi connectivity index (χ1n) is 6.01. The Bertz CT molecular complexity index is 807. The number of rotatable bonds is 2. The standard InChI is InChI=1S/C15H11FN2O2/c1-8(19)10-6-12(17)14-13(7-10)18-15(20-14)9-2-4-11(16)5-3-9/h2-7H,17H2,1H3. The minimum atomic E-state index is -0.330. The molecule has 20 heavy (non-hydrogen) atoms. The van der Waals surface area contributed by atoms with E-state index in [0.717, 1.165) is 0 Å². The van der Waals surface area contributed by atoms with Gasteiger partial charge in [-0.3, -0.25) is 4.79 Å². The van der Waals surface area contributed by atoms with Gasteiger partial charge in [0.1, 0.15) is 11.3 Å². The second kappa shape index (κ2) is 4.45. The molecule has 1 aromatic heterocycles. The Labute approximate surface area is 114 Å². The molecular weight excluding hydrogens is 259 g/mol. The van der Waals surface area contributed by atoms with Crippen LogP contribution in [0.15, 0.2) is 40.8 Å². The van der Waals surface area contributed by atoms with Gasteiger partial charge in [-0.05, 0) is 43.3 Å². The number of aromatic nitrogens is 1. The fourth-order valence-corrected chi connectivity index (χ4v) is 1.98. The number of nitrogens with zero attached hydrogens (tertiary/aromatic N) is 1. The van der Waals surface area contributed by atoms with Gasteiger partial charge < -0.3 is 10.2 Å². The average molecular weight is 270 g/mol. The zero-order chi connectivity index (χ0) is 14.3. The maximum absolute atomic E-state index is 12.9. The number of benzene rings is 2. The highest BCUT2D eigenvalue weighted by Gasteiger charge is 2.13. The van der Waals surface area contributed by atoms with E-state index in [2.05, 4.69) is 4.98 Å². The minimum absolute atomic E-state index is 0.0927. The van der Waals surface area contributed by atoms with Gasteiger partial charge in [0.15, 0.2) is 11.4 Å². The summed E-state index contributed by atoms with van der Waals surface area (Å²) in [5, 5.41) is 0. The molecule has 100 valence electrons. The first-order valence-corrected chi connectivity index (χ1v) is 6.01. The van der Waals surface area contributed by atoms with Crippen LogP contribution in [0.25, 0.3) is 22.6 Å². The first kappa shape index (κ1) is 12.3. The first-order chi connectivity index (χ1) is 9.54. The Morgan fingerprint density at radius 1 is 1.25 bits per heavy atom. The summed E-state index contributed by atoms with van der Waals surface area (Å²) in [6.45, 7) is 1.46. The van der Waals surface area contributed by atoms with Crippen molar-refractivity contribution in [2.45, 2.75) is 6.92 Å². The van der Waals surface area contributed by atoms with Crippen molar-refractivity contribution in [1.82, 2.24) is 4.98 Å². The smallest absolute Gasteiger partial charge is 0.227 e. The third kappa shape index (κ3) is 2.03. The highest BCUT2D eigenvalue weighted by Crippen LogP contribution is 2.29. The fourth-order valence-electron chi connectivity index (χ4n) is 1.98. The van der Waals surface area contributed by atoms with E-state index in [1.807, 2.05) is 0 Å². The van der Waals surface area contributed by atoms with Crippen molar-refractivity contribution >= 4 is 22.6 Å². The summed E-state index contributed by atoms with van der Waals surface area (Å²) < 4.78 is 18.5. The quantitative estimate of drug-likeness (QED) is 0.572.